The molecule has 0 radical (unpaired) electrons. The molecule has 0 saturated heterocycles. The smallest absolute Gasteiger partial charge is 0.326 e. The van der Waals surface area contributed by atoms with Crippen molar-refractivity contribution < 1.29 is 14.4 Å². The second kappa shape index (κ2) is 5.98. The van der Waals surface area contributed by atoms with Gasteiger partial charge in [-0.15, -0.1) is 11.3 Å². The molecular formula is C15H13N3O3S. The summed E-state index contributed by atoms with van der Waals surface area (Å²) in [5.74, 6) is -0.479. The molecule has 22 heavy (non-hydrogen) atoms. The van der Waals surface area contributed by atoms with Gasteiger partial charge in [-0.2, -0.15) is 0 Å². The number of thiophene rings is 1. The molecule has 4 amide bonds. The number of imide groups is 1. The highest BCUT2D eigenvalue weighted by molar-refractivity contribution is 7.12. The maximum Gasteiger partial charge on any atom is 0.326 e. The van der Waals surface area contributed by atoms with E-state index in [0.29, 0.717) is 29.1 Å². The zero-order valence-corrected chi connectivity index (χ0v) is 12.3. The molecule has 2 aromatic rings. The number of hydrogen-bond donors (Lipinski definition) is 3. The predicted octanol–water partition coefficient (Wildman–Crippen LogP) is 2.59. The molecule has 2 heterocycles. The van der Waals surface area contributed by atoms with Crippen molar-refractivity contribution in [3.63, 3.8) is 0 Å². The van der Waals surface area contributed by atoms with Gasteiger partial charge in [-0.05, 0) is 35.6 Å². The van der Waals surface area contributed by atoms with Crippen LogP contribution >= 0.6 is 11.3 Å². The van der Waals surface area contributed by atoms with Gasteiger partial charge in [0.2, 0.25) is 5.91 Å². The first-order valence-electron chi connectivity index (χ1n) is 6.71. The topological polar surface area (TPSA) is 87.3 Å². The zero-order valence-electron chi connectivity index (χ0n) is 11.5. The normalized spacial score (nSPS) is 13.0. The van der Waals surface area contributed by atoms with Gasteiger partial charge in [0.25, 0.3) is 5.91 Å². The van der Waals surface area contributed by atoms with Crippen LogP contribution in [0.4, 0.5) is 16.2 Å². The third-order valence-corrected chi connectivity index (χ3v) is 4.14. The van der Waals surface area contributed by atoms with Crippen molar-refractivity contribution in [3.8, 4) is 0 Å². The Kier molecular flexibility index (Phi) is 3.88. The molecule has 6 nitrogen and oxygen atoms in total. The minimum atomic E-state index is -0.594. The maximum absolute atomic E-state index is 11.9. The van der Waals surface area contributed by atoms with Gasteiger partial charge in [-0.1, -0.05) is 12.1 Å². The molecule has 0 atom stereocenters. The largest absolute Gasteiger partial charge is 0.326 e. The highest BCUT2D eigenvalue weighted by Crippen LogP contribution is 2.29. The number of amides is 4. The van der Waals surface area contributed by atoms with Crippen molar-refractivity contribution in [1.82, 2.24) is 5.32 Å². The second-order valence-corrected chi connectivity index (χ2v) is 5.71. The lowest BCUT2D eigenvalue weighted by molar-refractivity contribution is -0.116. The van der Waals surface area contributed by atoms with E-state index >= 15 is 0 Å². The summed E-state index contributed by atoms with van der Waals surface area (Å²) in [6.45, 7) is 0. The Balaban J connectivity index is 1.71. The number of anilines is 2. The molecule has 0 bridgehead atoms. The van der Waals surface area contributed by atoms with E-state index in [9.17, 15) is 14.4 Å². The van der Waals surface area contributed by atoms with Crippen molar-refractivity contribution in [2.75, 3.05) is 10.6 Å². The van der Waals surface area contributed by atoms with Gasteiger partial charge in [0, 0.05) is 17.8 Å². The van der Waals surface area contributed by atoms with Crippen molar-refractivity contribution >= 4 is 40.6 Å². The van der Waals surface area contributed by atoms with Crippen LogP contribution in [0.1, 0.15) is 21.7 Å². The summed E-state index contributed by atoms with van der Waals surface area (Å²) >= 11 is 1.26. The van der Waals surface area contributed by atoms with E-state index < -0.39 is 11.9 Å². The lowest BCUT2D eigenvalue weighted by Gasteiger charge is -2.20. The maximum atomic E-state index is 11.9. The SMILES string of the molecule is O=C1CCc2c(cccc2NC(=O)NC(=O)c2cccs2)N1. The number of rotatable bonds is 2. The Morgan fingerprint density at radius 2 is 2.00 bits per heavy atom. The molecule has 0 spiro atoms. The molecule has 1 aliphatic rings. The van der Waals surface area contributed by atoms with Crippen molar-refractivity contribution in [3.05, 3.63) is 46.2 Å². The summed E-state index contributed by atoms with van der Waals surface area (Å²) in [5, 5.41) is 9.47. The van der Waals surface area contributed by atoms with Crippen LogP contribution in [0, 0.1) is 0 Å². The molecule has 0 unspecified atom stereocenters. The summed E-state index contributed by atoms with van der Waals surface area (Å²) in [6, 6.07) is 8.06. The third-order valence-electron chi connectivity index (χ3n) is 3.27. The molecule has 112 valence electrons. The molecule has 1 aromatic heterocycles. The van der Waals surface area contributed by atoms with Crippen LogP contribution < -0.4 is 16.0 Å². The molecule has 1 aromatic carbocycles. The number of hydrogen-bond acceptors (Lipinski definition) is 4. The highest BCUT2D eigenvalue weighted by atomic mass is 32.1. The van der Waals surface area contributed by atoms with Crippen LogP contribution in [0.25, 0.3) is 0 Å². The standard InChI is InChI=1S/C15H13N3O3S/c19-13-7-6-9-10(16-13)3-1-4-11(9)17-15(21)18-14(20)12-5-2-8-22-12/h1-5,8H,6-7H2,(H,16,19)(H2,17,18,20,21). The van der Waals surface area contributed by atoms with Crippen LogP contribution in [0.5, 0.6) is 0 Å². The quantitative estimate of drug-likeness (QED) is 0.796. The van der Waals surface area contributed by atoms with Crippen LogP contribution in [-0.4, -0.2) is 17.8 Å². The highest BCUT2D eigenvalue weighted by Gasteiger charge is 2.19. The first-order valence-corrected chi connectivity index (χ1v) is 7.59. The monoisotopic (exact) mass is 315 g/mol. The number of nitrogens with one attached hydrogen (secondary N) is 3. The average Bonchev–Trinajstić information content (AvgIpc) is 3.01. The van der Waals surface area contributed by atoms with Crippen molar-refractivity contribution in [2.24, 2.45) is 0 Å². The minimum absolute atomic E-state index is 0.0398. The lowest BCUT2D eigenvalue weighted by Crippen LogP contribution is -2.34. The van der Waals surface area contributed by atoms with E-state index in [0.717, 1.165) is 5.56 Å². The summed E-state index contributed by atoms with van der Waals surface area (Å²) in [6.07, 6.45) is 0.929. The summed E-state index contributed by atoms with van der Waals surface area (Å²) in [4.78, 5) is 35.6. The van der Waals surface area contributed by atoms with E-state index in [1.165, 1.54) is 11.3 Å². The summed E-state index contributed by atoms with van der Waals surface area (Å²) < 4.78 is 0. The Morgan fingerprint density at radius 1 is 1.14 bits per heavy atom. The van der Waals surface area contributed by atoms with Gasteiger partial charge >= 0.3 is 6.03 Å². The number of benzene rings is 1. The van der Waals surface area contributed by atoms with Crippen LogP contribution in [-0.2, 0) is 11.2 Å². The van der Waals surface area contributed by atoms with E-state index in [1.807, 2.05) is 0 Å². The molecule has 3 N–H and O–H groups in total. The zero-order chi connectivity index (χ0) is 15.5. The van der Waals surface area contributed by atoms with E-state index in [4.69, 9.17) is 0 Å². The second-order valence-electron chi connectivity index (χ2n) is 4.77. The van der Waals surface area contributed by atoms with Crippen molar-refractivity contribution in [2.45, 2.75) is 12.8 Å². The van der Waals surface area contributed by atoms with Gasteiger partial charge in [0.1, 0.15) is 0 Å². The van der Waals surface area contributed by atoms with Gasteiger partial charge < -0.3 is 10.6 Å². The molecule has 3 rings (SSSR count). The van der Waals surface area contributed by atoms with Gasteiger partial charge in [-0.25, -0.2) is 4.79 Å². The molecule has 7 heteroatoms. The van der Waals surface area contributed by atoms with Crippen LogP contribution in [0.3, 0.4) is 0 Å². The first kappa shape index (κ1) is 14.3. The molecular weight excluding hydrogens is 302 g/mol. The van der Waals surface area contributed by atoms with Gasteiger partial charge in [0.05, 0.1) is 4.88 Å². The number of carbonyl (C=O) groups excluding carboxylic acids is 3. The third kappa shape index (κ3) is 2.99. The van der Waals surface area contributed by atoms with E-state index in [1.54, 1.807) is 35.7 Å². The molecule has 0 aliphatic carbocycles. The van der Waals surface area contributed by atoms with E-state index in [2.05, 4.69) is 16.0 Å². The number of carbonyl (C=O) groups is 3. The lowest BCUT2D eigenvalue weighted by atomic mass is 10.0. The van der Waals surface area contributed by atoms with E-state index in [-0.39, 0.29) is 5.91 Å². The molecule has 0 fully saturated rings. The first-order chi connectivity index (χ1) is 10.6. The fraction of sp³-hybridized carbons (Fsp3) is 0.133. The predicted molar refractivity (Wildman–Crippen MR) is 84.2 cm³/mol. The number of urea groups is 1. The van der Waals surface area contributed by atoms with Crippen molar-refractivity contribution in [1.29, 1.82) is 0 Å². The Morgan fingerprint density at radius 3 is 2.77 bits per heavy atom. The molecule has 0 saturated carbocycles. The van der Waals surface area contributed by atoms with Crippen LogP contribution in [0.2, 0.25) is 0 Å². The van der Waals surface area contributed by atoms with Gasteiger partial charge in [-0.3, -0.25) is 14.9 Å². The summed E-state index contributed by atoms with van der Waals surface area (Å²) in [5.41, 5.74) is 2.15. The minimum Gasteiger partial charge on any atom is -0.326 e. The Bertz CT molecular complexity index is 740. The number of fused-ring (bicyclic) bond motifs is 1. The average molecular weight is 315 g/mol. The Labute approximate surface area is 130 Å². The van der Waals surface area contributed by atoms with Crippen LogP contribution in [0.15, 0.2) is 35.7 Å². The fourth-order valence-electron chi connectivity index (χ4n) is 2.27. The Hall–Kier alpha value is -2.67. The summed E-state index contributed by atoms with van der Waals surface area (Å²) in [7, 11) is 0. The van der Waals surface area contributed by atoms with Gasteiger partial charge in [0.15, 0.2) is 0 Å². The molecule has 1 aliphatic heterocycles. The fourth-order valence-corrected chi connectivity index (χ4v) is 2.89.